The van der Waals surface area contributed by atoms with Crippen molar-refractivity contribution < 1.29 is 35.9 Å². The van der Waals surface area contributed by atoms with Crippen molar-refractivity contribution in [2.75, 3.05) is 6.54 Å². The number of halogens is 7. The number of hydrogen-bond acceptors (Lipinski definition) is 3. The van der Waals surface area contributed by atoms with E-state index in [1.54, 1.807) is 0 Å². The van der Waals surface area contributed by atoms with Crippen molar-refractivity contribution in [2.24, 2.45) is 23.2 Å². The third-order valence-corrected chi connectivity index (χ3v) is 10.1. The van der Waals surface area contributed by atoms with Crippen LogP contribution in [-0.2, 0) is 12.4 Å². The van der Waals surface area contributed by atoms with E-state index in [1.165, 1.54) is 0 Å². The number of carbonyl (C=O) groups is 2. The molecule has 1 aromatic heterocycles. The van der Waals surface area contributed by atoms with Gasteiger partial charge in [-0.15, -0.1) is 0 Å². The Labute approximate surface area is 239 Å². The first-order valence-electron chi connectivity index (χ1n) is 13.9. The number of benzene rings is 1. The number of fused-ring (bicyclic) bond motifs is 1. The van der Waals surface area contributed by atoms with Gasteiger partial charge >= 0.3 is 12.4 Å². The monoisotopic (exact) mass is 603 g/mol. The van der Waals surface area contributed by atoms with Crippen LogP contribution in [0.2, 0.25) is 5.02 Å². The number of nitrogens with zero attached hydrogens (tertiary/aromatic N) is 3. The van der Waals surface area contributed by atoms with Crippen LogP contribution in [0, 0.1) is 23.2 Å². The molecule has 0 N–H and O–H groups in total. The second-order valence-corrected chi connectivity index (χ2v) is 12.8. The Morgan fingerprint density at radius 3 is 2.24 bits per heavy atom. The van der Waals surface area contributed by atoms with Gasteiger partial charge in [-0.05, 0) is 73.8 Å². The molecule has 4 aliphatic rings. The molecule has 0 spiro atoms. The van der Waals surface area contributed by atoms with Gasteiger partial charge in [-0.2, -0.15) is 31.4 Å². The number of aromatic nitrogens is 2. The van der Waals surface area contributed by atoms with Crippen LogP contribution < -0.4 is 0 Å². The van der Waals surface area contributed by atoms with Crippen LogP contribution >= 0.6 is 11.6 Å². The number of Topliss-reactive ketones (excluding diaryl/α,β-unsaturated/α-hetero) is 1. The Balaban J connectivity index is 1.55. The highest BCUT2D eigenvalue weighted by Gasteiger charge is 2.61. The summed E-state index contributed by atoms with van der Waals surface area (Å²) >= 11 is 6.05. The summed E-state index contributed by atoms with van der Waals surface area (Å²) in [6, 6.07) is 1.79. The van der Waals surface area contributed by atoms with Gasteiger partial charge in [0.15, 0.2) is 11.5 Å². The van der Waals surface area contributed by atoms with Crippen molar-refractivity contribution in [3.63, 3.8) is 0 Å². The van der Waals surface area contributed by atoms with Crippen molar-refractivity contribution in [2.45, 2.75) is 83.7 Å². The van der Waals surface area contributed by atoms with Crippen LogP contribution in [0.15, 0.2) is 24.4 Å². The van der Waals surface area contributed by atoms with Crippen molar-refractivity contribution in [3.05, 3.63) is 51.8 Å². The number of rotatable bonds is 6. The SMILES string of the molecule is CC1CCC(n2ncc(C(=O)N(CC(=O)c3c(Cl)cccc3C(F)(F)F)C3CC4CC3C4(C)C)c2C(F)(F)F)CC1. The molecule has 0 radical (unpaired) electrons. The first-order chi connectivity index (χ1) is 19.0. The molecule has 4 fully saturated rings. The van der Waals surface area contributed by atoms with Gasteiger partial charge in [0.25, 0.3) is 5.91 Å². The molecule has 6 rings (SSSR count). The molecule has 224 valence electrons. The summed E-state index contributed by atoms with van der Waals surface area (Å²) in [5.74, 6) is -1.69. The Hall–Kier alpha value is -2.56. The highest BCUT2D eigenvalue weighted by atomic mass is 35.5. The van der Waals surface area contributed by atoms with Crippen molar-refractivity contribution in [1.82, 2.24) is 14.7 Å². The van der Waals surface area contributed by atoms with E-state index in [2.05, 4.69) is 5.10 Å². The molecule has 2 aromatic rings. The minimum absolute atomic E-state index is 0.109. The summed E-state index contributed by atoms with van der Waals surface area (Å²) in [5.41, 5.74) is -4.15. The third kappa shape index (κ3) is 5.27. The van der Waals surface area contributed by atoms with Crippen LogP contribution in [0.25, 0.3) is 0 Å². The third-order valence-electron chi connectivity index (χ3n) is 9.74. The lowest BCUT2D eigenvalue weighted by Gasteiger charge is -2.46. The fourth-order valence-corrected chi connectivity index (χ4v) is 7.53. The summed E-state index contributed by atoms with van der Waals surface area (Å²) in [6.07, 6.45) is -5.34. The molecule has 12 heteroatoms. The maximum Gasteiger partial charge on any atom is 0.433 e. The number of amides is 1. The molecule has 3 unspecified atom stereocenters. The van der Waals surface area contributed by atoms with Gasteiger partial charge in [-0.25, -0.2) is 0 Å². The van der Waals surface area contributed by atoms with Crippen molar-refractivity contribution in [1.29, 1.82) is 0 Å². The lowest BCUT2D eigenvalue weighted by atomic mass is 9.60. The molecule has 5 nitrogen and oxygen atoms in total. The topological polar surface area (TPSA) is 55.2 Å². The van der Waals surface area contributed by atoms with Crippen molar-refractivity contribution >= 4 is 23.3 Å². The summed E-state index contributed by atoms with van der Waals surface area (Å²) in [6.45, 7) is 5.19. The number of carbonyl (C=O) groups excluding carboxylic acids is 2. The highest BCUT2D eigenvalue weighted by molar-refractivity contribution is 6.34. The predicted octanol–water partition coefficient (Wildman–Crippen LogP) is 8.09. The summed E-state index contributed by atoms with van der Waals surface area (Å²) in [5, 5.41) is 3.57. The molecular formula is C29H32ClF6N3O2. The van der Waals surface area contributed by atoms with E-state index < -0.39 is 70.1 Å². The Kier molecular flexibility index (Phi) is 7.52. The quantitative estimate of drug-likeness (QED) is 0.248. The Morgan fingerprint density at radius 2 is 1.71 bits per heavy atom. The average Bonchev–Trinajstić information content (AvgIpc) is 3.59. The highest BCUT2D eigenvalue weighted by Crippen LogP contribution is 2.63. The molecule has 1 aromatic carbocycles. The number of alkyl halides is 6. The zero-order chi connectivity index (χ0) is 30.1. The molecule has 1 amide bonds. The lowest BCUT2D eigenvalue weighted by Crippen LogP contribution is -2.49. The molecule has 3 atom stereocenters. The Bertz CT molecular complexity index is 1340. The molecule has 0 aliphatic heterocycles. The van der Waals surface area contributed by atoms with E-state index in [9.17, 15) is 35.9 Å². The molecule has 4 aliphatic carbocycles. The number of ketones is 1. The molecule has 1 heterocycles. The summed E-state index contributed by atoms with van der Waals surface area (Å²) in [7, 11) is 0. The van der Waals surface area contributed by atoms with Gasteiger partial charge in [0.1, 0.15) is 0 Å². The van der Waals surface area contributed by atoms with Crippen LogP contribution in [0.4, 0.5) is 26.3 Å². The van der Waals surface area contributed by atoms with Gasteiger partial charge in [-0.3, -0.25) is 14.3 Å². The predicted molar refractivity (Wildman–Crippen MR) is 140 cm³/mol. The van der Waals surface area contributed by atoms with Crippen LogP contribution in [-0.4, -0.2) is 39.0 Å². The van der Waals surface area contributed by atoms with Crippen molar-refractivity contribution in [3.8, 4) is 0 Å². The minimum atomic E-state index is -4.91. The second kappa shape index (κ2) is 10.3. The summed E-state index contributed by atoms with van der Waals surface area (Å²) in [4.78, 5) is 28.5. The van der Waals surface area contributed by atoms with E-state index in [-0.39, 0.29) is 17.3 Å². The van der Waals surface area contributed by atoms with E-state index in [1.807, 2.05) is 20.8 Å². The van der Waals surface area contributed by atoms with Gasteiger partial charge < -0.3 is 4.90 Å². The van der Waals surface area contributed by atoms with Crippen LogP contribution in [0.1, 0.15) is 97.3 Å². The second-order valence-electron chi connectivity index (χ2n) is 12.4. The van der Waals surface area contributed by atoms with Gasteiger partial charge in [-0.1, -0.05) is 38.4 Å². The average molecular weight is 604 g/mol. The fraction of sp³-hybridized carbons (Fsp3) is 0.621. The van der Waals surface area contributed by atoms with E-state index in [0.717, 1.165) is 53.2 Å². The molecule has 4 saturated carbocycles. The van der Waals surface area contributed by atoms with Crippen LogP contribution in [0.5, 0.6) is 0 Å². The molecule has 41 heavy (non-hydrogen) atoms. The van der Waals surface area contributed by atoms with Gasteiger partial charge in [0.2, 0.25) is 0 Å². The minimum Gasteiger partial charge on any atom is -0.328 e. The standard InChI is InChI=1S/C29H32ClF6N3O2/c1-15-7-9-17(10-8-15)39-25(29(34,35)36)18(13-37-39)26(41)38(22-12-16-11-20(22)27(16,2)3)14-23(40)24-19(28(31,32)33)5-4-6-21(24)30/h4-6,13,15-17,20,22H,7-12,14H2,1-3H3. The maximum atomic E-state index is 14.5. The molecular weight excluding hydrogens is 572 g/mol. The Morgan fingerprint density at radius 1 is 1.05 bits per heavy atom. The zero-order valence-electron chi connectivity index (χ0n) is 22.9. The van der Waals surface area contributed by atoms with E-state index in [0.29, 0.717) is 25.2 Å². The molecule has 0 saturated heterocycles. The number of hydrogen-bond donors (Lipinski definition) is 0. The zero-order valence-corrected chi connectivity index (χ0v) is 23.7. The van der Waals surface area contributed by atoms with Crippen LogP contribution in [0.3, 0.4) is 0 Å². The lowest BCUT2D eigenvalue weighted by molar-refractivity contribution is -0.145. The van der Waals surface area contributed by atoms with Gasteiger partial charge in [0, 0.05) is 6.04 Å². The van der Waals surface area contributed by atoms with E-state index in [4.69, 9.17) is 11.6 Å². The molecule has 2 bridgehead atoms. The first-order valence-corrected chi connectivity index (χ1v) is 14.2. The summed E-state index contributed by atoms with van der Waals surface area (Å²) < 4.78 is 85.7. The first kappa shape index (κ1) is 29.9. The van der Waals surface area contributed by atoms with E-state index >= 15 is 0 Å². The maximum absolute atomic E-state index is 14.5. The normalized spacial score (nSPS) is 27.4. The fourth-order valence-electron chi connectivity index (χ4n) is 7.25. The largest absolute Gasteiger partial charge is 0.433 e. The van der Waals surface area contributed by atoms with Gasteiger partial charge in [0.05, 0.1) is 40.5 Å². The smallest absolute Gasteiger partial charge is 0.328 e.